The molecule has 1 amide bonds. The number of hydrogen-bond acceptors (Lipinski definition) is 7. The first-order chi connectivity index (χ1) is 16.2. The third-order valence-electron chi connectivity index (χ3n) is 4.98. The van der Waals surface area contributed by atoms with Crippen molar-refractivity contribution in [1.29, 1.82) is 0 Å². The van der Waals surface area contributed by atoms with Crippen LogP contribution in [0.5, 0.6) is 0 Å². The topological polar surface area (TPSA) is 110 Å². The molecule has 0 spiro atoms. The number of aromatic amines is 1. The standard InChI is InChI=1S/C24H20N6O2S/c31-21(25-19-12-6-10-16-7-4-5-11-18(16)19)13-14-22-26-20(30-32-22)15-33-24-27-23(28-29-24)17-8-2-1-3-9-17/h1-12H,13-15H2,(H,25,31)(H,27,28,29). The molecule has 3 aromatic carbocycles. The van der Waals surface area contributed by atoms with Crippen LogP contribution in [0.25, 0.3) is 22.2 Å². The molecule has 8 nitrogen and oxygen atoms in total. The molecular formula is C24H20N6O2S. The van der Waals surface area contributed by atoms with Crippen molar-refractivity contribution in [3.8, 4) is 11.4 Å². The Morgan fingerprint density at radius 3 is 2.70 bits per heavy atom. The number of thioether (sulfide) groups is 1. The zero-order valence-electron chi connectivity index (χ0n) is 17.6. The molecule has 0 atom stereocenters. The third kappa shape index (κ3) is 5.09. The van der Waals surface area contributed by atoms with E-state index in [1.165, 1.54) is 11.8 Å². The maximum absolute atomic E-state index is 12.4. The van der Waals surface area contributed by atoms with E-state index >= 15 is 0 Å². The molecule has 0 aliphatic heterocycles. The van der Waals surface area contributed by atoms with Crippen LogP contribution in [0.4, 0.5) is 5.69 Å². The quantitative estimate of drug-likeness (QED) is 0.321. The number of rotatable bonds is 8. The van der Waals surface area contributed by atoms with E-state index in [4.69, 9.17) is 4.52 Å². The lowest BCUT2D eigenvalue weighted by Crippen LogP contribution is -2.12. The number of nitrogens with zero attached hydrogens (tertiary/aromatic N) is 4. The second kappa shape index (κ2) is 9.66. The van der Waals surface area contributed by atoms with E-state index < -0.39 is 0 Å². The van der Waals surface area contributed by atoms with Gasteiger partial charge in [-0.15, -0.1) is 5.10 Å². The summed E-state index contributed by atoms with van der Waals surface area (Å²) < 4.78 is 5.30. The number of hydrogen-bond donors (Lipinski definition) is 2. The summed E-state index contributed by atoms with van der Waals surface area (Å²) in [5.41, 5.74) is 1.77. The monoisotopic (exact) mass is 456 g/mol. The molecule has 0 saturated heterocycles. The Morgan fingerprint density at radius 2 is 1.79 bits per heavy atom. The summed E-state index contributed by atoms with van der Waals surface area (Å²) in [5, 5.41) is 16.8. The molecule has 0 aliphatic carbocycles. The second-order valence-electron chi connectivity index (χ2n) is 7.30. The van der Waals surface area contributed by atoms with Crippen LogP contribution in [0.1, 0.15) is 18.1 Å². The van der Waals surface area contributed by atoms with Gasteiger partial charge in [-0.2, -0.15) is 4.98 Å². The van der Waals surface area contributed by atoms with Crippen LogP contribution in [0, 0.1) is 0 Å². The van der Waals surface area contributed by atoms with Gasteiger partial charge in [0.05, 0.1) is 5.75 Å². The first kappa shape index (κ1) is 20.9. The van der Waals surface area contributed by atoms with Gasteiger partial charge in [0.15, 0.2) is 11.6 Å². The maximum atomic E-state index is 12.4. The van der Waals surface area contributed by atoms with Crippen LogP contribution in [0.15, 0.2) is 82.5 Å². The molecule has 0 unspecified atom stereocenters. The van der Waals surface area contributed by atoms with E-state index in [1.807, 2.05) is 72.8 Å². The molecule has 0 radical (unpaired) electrons. The normalized spacial score (nSPS) is 11.0. The zero-order chi connectivity index (χ0) is 22.5. The van der Waals surface area contributed by atoms with Gasteiger partial charge in [0.1, 0.15) is 0 Å². The van der Waals surface area contributed by atoms with Crippen molar-refractivity contribution in [1.82, 2.24) is 25.3 Å². The number of H-pyrrole nitrogens is 1. The van der Waals surface area contributed by atoms with E-state index in [9.17, 15) is 4.79 Å². The average Bonchev–Trinajstić information content (AvgIpc) is 3.52. The Labute approximate surface area is 193 Å². The number of carbonyl (C=O) groups excluding carboxylic acids is 1. The van der Waals surface area contributed by atoms with E-state index in [0.29, 0.717) is 34.9 Å². The van der Waals surface area contributed by atoms with Crippen molar-refractivity contribution in [3.05, 3.63) is 84.5 Å². The van der Waals surface area contributed by atoms with Crippen molar-refractivity contribution in [3.63, 3.8) is 0 Å². The SMILES string of the molecule is O=C(CCc1nc(CSc2n[nH]c(-c3ccccc3)n2)no1)Nc1cccc2ccccc12. The van der Waals surface area contributed by atoms with Crippen molar-refractivity contribution < 1.29 is 9.32 Å². The van der Waals surface area contributed by atoms with Crippen LogP contribution < -0.4 is 5.32 Å². The predicted octanol–water partition coefficient (Wildman–Crippen LogP) is 4.87. The highest BCUT2D eigenvalue weighted by Gasteiger charge is 2.12. The molecule has 0 fully saturated rings. The summed E-state index contributed by atoms with van der Waals surface area (Å²) in [6.45, 7) is 0. The highest BCUT2D eigenvalue weighted by atomic mass is 32.2. The smallest absolute Gasteiger partial charge is 0.227 e. The van der Waals surface area contributed by atoms with E-state index in [0.717, 1.165) is 22.0 Å². The summed E-state index contributed by atoms with van der Waals surface area (Å²) in [7, 11) is 0. The summed E-state index contributed by atoms with van der Waals surface area (Å²) in [6, 6.07) is 23.6. The number of aryl methyl sites for hydroxylation is 1. The van der Waals surface area contributed by atoms with Gasteiger partial charge < -0.3 is 9.84 Å². The molecule has 33 heavy (non-hydrogen) atoms. The summed E-state index contributed by atoms with van der Waals surface area (Å²) in [5.74, 6) is 2.05. The lowest BCUT2D eigenvalue weighted by molar-refractivity contribution is -0.116. The van der Waals surface area contributed by atoms with Gasteiger partial charge >= 0.3 is 0 Å². The Balaban J connectivity index is 1.13. The average molecular weight is 457 g/mol. The van der Waals surface area contributed by atoms with Crippen LogP contribution >= 0.6 is 11.8 Å². The summed E-state index contributed by atoms with van der Waals surface area (Å²) in [6.07, 6.45) is 0.617. The molecule has 9 heteroatoms. The molecule has 2 N–H and O–H groups in total. The molecule has 0 aliphatic rings. The summed E-state index contributed by atoms with van der Waals surface area (Å²) in [4.78, 5) is 21.3. The van der Waals surface area contributed by atoms with E-state index in [-0.39, 0.29) is 12.3 Å². The van der Waals surface area contributed by atoms with Gasteiger partial charge in [-0.3, -0.25) is 9.89 Å². The fraction of sp³-hybridized carbons (Fsp3) is 0.125. The Morgan fingerprint density at radius 1 is 0.970 bits per heavy atom. The number of nitrogens with one attached hydrogen (secondary N) is 2. The minimum atomic E-state index is -0.102. The van der Waals surface area contributed by atoms with Gasteiger partial charge in [0.25, 0.3) is 0 Å². The molecule has 2 aromatic heterocycles. The van der Waals surface area contributed by atoms with Crippen molar-refractivity contribution in [2.24, 2.45) is 0 Å². The minimum Gasteiger partial charge on any atom is -0.339 e. The molecule has 0 bridgehead atoms. The second-order valence-corrected chi connectivity index (χ2v) is 8.24. The Kier molecular flexibility index (Phi) is 6.12. The predicted molar refractivity (Wildman–Crippen MR) is 127 cm³/mol. The third-order valence-corrected chi connectivity index (χ3v) is 5.83. The highest BCUT2D eigenvalue weighted by Crippen LogP contribution is 2.24. The van der Waals surface area contributed by atoms with Crippen molar-refractivity contribution in [2.45, 2.75) is 23.8 Å². The molecule has 164 valence electrons. The molecule has 0 saturated carbocycles. The fourth-order valence-electron chi connectivity index (χ4n) is 3.38. The highest BCUT2D eigenvalue weighted by molar-refractivity contribution is 7.98. The van der Waals surface area contributed by atoms with Crippen molar-refractivity contribution in [2.75, 3.05) is 5.32 Å². The number of aromatic nitrogens is 5. The van der Waals surface area contributed by atoms with Crippen LogP contribution in [-0.4, -0.2) is 31.2 Å². The van der Waals surface area contributed by atoms with Gasteiger partial charge in [-0.05, 0) is 11.5 Å². The number of amides is 1. The minimum absolute atomic E-state index is 0.102. The van der Waals surface area contributed by atoms with Crippen LogP contribution in [0.2, 0.25) is 0 Å². The van der Waals surface area contributed by atoms with Crippen LogP contribution in [0.3, 0.4) is 0 Å². The molecule has 2 heterocycles. The molecule has 5 aromatic rings. The lowest BCUT2D eigenvalue weighted by Gasteiger charge is -2.08. The largest absolute Gasteiger partial charge is 0.339 e. The van der Waals surface area contributed by atoms with E-state index in [2.05, 4.69) is 30.6 Å². The number of carbonyl (C=O) groups is 1. The van der Waals surface area contributed by atoms with Crippen molar-refractivity contribution >= 4 is 34.1 Å². The summed E-state index contributed by atoms with van der Waals surface area (Å²) >= 11 is 1.41. The number of benzene rings is 3. The maximum Gasteiger partial charge on any atom is 0.227 e. The fourth-order valence-corrected chi connectivity index (χ4v) is 4.02. The van der Waals surface area contributed by atoms with E-state index in [1.54, 1.807) is 0 Å². The Bertz CT molecular complexity index is 1380. The Hall–Kier alpha value is -3.98. The molecular weight excluding hydrogens is 436 g/mol. The van der Waals surface area contributed by atoms with Gasteiger partial charge in [0, 0.05) is 29.5 Å². The van der Waals surface area contributed by atoms with Gasteiger partial charge in [-0.1, -0.05) is 83.6 Å². The first-order valence-corrected chi connectivity index (χ1v) is 11.4. The first-order valence-electron chi connectivity index (χ1n) is 10.4. The zero-order valence-corrected chi connectivity index (χ0v) is 18.4. The van der Waals surface area contributed by atoms with Crippen LogP contribution in [-0.2, 0) is 17.0 Å². The van der Waals surface area contributed by atoms with Gasteiger partial charge in [0.2, 0.25) is 17.0 Å². The molecule has 5 rings (SSSR count). The lowest BCUT2D eigenvalue weighted by atomic mass is 10.1. The number of fused-ring (bicyclic) bond motifs is 1. The van der Waals surface area contributed by atoms with Gasteiger partial charge in [-0.25, -0.2) is 4.98 Å². The number of anilines is 1.